The lowest BCUT2D eigenvalue weighted by Gasteiger charge is -2.56. The average molecular weight is 508 g/mol. The summed E-state index contributed by atoms with van der Waals surface area (Å²) in [6, 6.07) is -0.273. The van der Waals surface area contributed by atoms with Gasteiger partial charge in [0.15, 0.2) is 0 Å². The number of thioether (sulfide) groups is 1. The Morgan fingerprint density at radius 1 is 1.24 bits per heavy atom. The molecule has 0 radical (unpaired) electrons. The van der Waals surface area contributed by atoms with Gasteiger partial charge in [0.05, 0.1) is 41.1 Å². The maximum absolute atomic E-state index is 13.8. The first-order chi connectivity index (χ1) is 15.7. The van der Waals surface area contributed by atoms with Crippen LogP contribution in [-0.4, -0.2) is 89.2 Å². The molecule has 5 fully saturated rings. The van der Waals surface area contributed by atoms with E-state index in [2.05, 4.69) is 16.0 Å². The summed E-state index contributed by atoms with van der Waals surface area (Å²) in [6.07, 6.45) is 2.18. The van der Waals surface area contributed by atoms with Crippen LogP contribution in [0.1, 0.15) is 51.4 Å². The van der Waals surface area contributed by atoms with Gasteiger partial charge in [0.2, 0.25) is 11.8 Å². The van der Waals surface area contributed by atoms with Gasteiger partial charge in [0.1, 0.15) is 12.8 Å². The first-order valence-electron chi connectivity index (χ1n) is 11.8. The van der Waals surface area contributed by atoms with Crippen LogP contribution in [0.4, 0.5) is 4.39 Å². The molecule has 33 heavy (non-hydrogen) atoms. The molecule has 2 amide bonds. The quantitative estimate of drug-likeness (QED) is 0.366. The Labute approximate surface area is 203 Å². The number of methoxy groups -OCH3 is 1. The third-order valence-corrected chi connectivity index (χ3v) is 9.37. The van der Waals surface area contributed by atoms with Crippen molar-refractivity contribution in [1.82, 2.24) is 16.0 Å². The summed E-state index contributed by atoms with van der Waals surface area (Å²) in [5.41, 5.74) is -1.14. The van der Waals surface area contributed by atoms with E-state index in [-0.39, 0.29) is 42.4 Å². The van der Waals surface area contributed by atoms with E-state index in [0.717, 1.165) is 0 Å². The van der Waals surface area contributed by atoms with Crippen LogP contribution in [0, 0.1) is 0 Å². The predicted octanol–water partition coefficient (Wildman–Crippen LogP) is 1.23. The highest BCUT2D eigenvalue weighted by Gasteiger charge is 2.55. The number of aliphatic hydroxyl groups excluding tert-OH is 1. The van der Waals surface area contributed by atoms with Gasteiger partial charge in [-0.1, -0.05) is 0 Å². The number of carbonyl (C=O) groups excluding carboxylic acids is 2. The second-order valence-corrected chi connectivity index (χ2v) is 11.8. The van der Waals surface area contributed by atoms with Crippen molar-refractivity contribution >= 4 is 35.2 Å². The van der Waals surface area contributed by atoms with Gasteiger partial charge in [-0.05, 0) is 44.9 Å². The maximum atomic E-state index is 13.8. The van der Waals surface area contributed by atoms with Crippen LogP contribution in [0.25, 0.3) is 0 Å². The molecule has 0 aromatic rings. The summed E-state index contributed by atoms with van der Waals surface area (Å²) in [7, 11) is 1.64. The molecule has 4 saturated carbocycles. The van der Waals surface area contributed by atoms with E-state index in [4.69, 9.17) is 21.1 Å². The number of aliphatic hydroxyl groups is 1. The van der Waals surface area contributed by atoms with Gasteiger partial charge < -0.3 is 25.2 Å². The average Bonchev–Trinajstić information content (AvgIpc) is 3.25. The fourth-order valence-electron chi connectivity index (χ4n) is 5.64. The minimum atomic E-state index is -1.11. The summed E-state index contributed by atoms with van der Waals surface area (Å²) < 4.78 is 24.6. The minimum Gasteiger partial charge on any atom is -0.391 e. The molecule has 0 aromatic carbocycles. The summed E-state index contributed by atoms with van der Waals surface area (Å²) in [5.74, 6) is 0.346. The number of carbonyl (C=O) groups is 2. The van der Waals surface area contributed by atoms with Crippen molar-refractivity contribution in [1.29, 1.82) is 0 Å². The zero-order chi connectivity index (χ0) is 23.6. The second kappa shape index (κ2) is 10.5. The molecule has 1 heterocycles. The summed E-state index contributed by atoms with van der Waals surface area (Å²) in [6.45, 7) is 0.390. The zero-order valence-corrected chi connectivity index (χ0v) is 20.6. The van der Waals surface area contributed by atoms with E-state index in [1.807, 2.05) is 0 Å². The molecular formula is C22H35ClFN3O5S. The molecule has 11 heteroatoms. The van der Waals surface area contributed by atoms with Gasteiger partial charge in [-0.2, -0.15) is 0 Å². The topological polar surface area (TPSA) is 109 Å². The molecule has 1 saturated heterocycles. The third kappa shape index (κ3) is 5.78. The van der Waals surface area contributed by atoms with Gasteiger partial charge in [-0.15, -0.1) is 23.4 Å². The van der Waals surface area contributed by atoms with Gasteiger partial charge in [0.25, 0.3) is 0 Å². The van der Waals surface area contributed by atoms with E-state index in [1.54, 1.807) is 18.9 Å². The predicted molar refractivity (Wildman–Crippen MR) is 124 cm³/mol. The van der Waals surface area contributed by atoms with E-state index >= 15 is 0 Å². The van der Waals surface area contributed by atoms with Crippen LogP contribution < -0.4 is 16.0 Å². The van der Waals surface area contributed by atoms with Crippen LogP contribution in [0.15, 0.2) is 0 Å². The number of halogens is 2. The zero-order valence-electron chi connectivity index (χ0n) is 19.0. The van der Waals surface area contributed by atoms with Crippen molar-refractivity contribution in [2.45, 2.75) is 97.6 Å². The summed E-state index contributed by atoms with van der Waals surface area (Å²) >= 11 is 7.58. The minimum absolute atomic E-state index is 0.0435. The number of hydrogen-bond acceptors (Lipinski definition) is 7. The largest absolute Gasteiger partial charge is 0.391 e. The number of fused-ring (bicyclic) bond motifs is 3. The number of nitrogens with one attached hydrogen (secondary N) is 3. The molecule has 0 spiro atoms. The fourth-order valence-corrected chi connectivity index (χ4v) is 7.04. The molecule has 188 valence electrons. The Hall–Kier alpha value is -0.650. The van der Waals surface area contributed by atoms with Gasteiger partial charge in [-0.25, -0.2) is 4.39 Å². The highest BCUT2D eigenvalue weighted by atomic mass is 35.5. The molecule has 5 rings (SSSR count). The van der Waals surface area contributed by atoms with E-state index in [0.29, 0.717) is 57.3 Å². The van der Waals surface area contributed by atoms with Gasteiger partial charge >= 0.3 is 0 Å². The van der Waals surface area contributed by atoms with Crippen LogP contribution >= 0.6 is 23.4 Å². The molecule has 4 N–H and O–H groups in total. The summed E-state index contributed by atoms with van der Waals surface area (Å²) in [5, 5.41) is 20.0. The first kappa shape index (κ1) is 25.4. The van der Waals surface area contributed by atoms with Crippen LogP contribution in [0.2, 0.25) is 0 Å². The molecule has 4 aliphatic carbocycles. The molecular weight excluding hydrogens is 473 g/mol. The molecule has 2 bridgehead atoms. The van der Waals surface area contributed by atoms with E-state index in [1.165, 1.54) is 0 Å². The second-order valence-electron chi connectivity index (χ2n) is 9.97. The SMILES string of the molecule is COCC1NC(C(=O)NC23CCC(NC(=O)COC4CCC(Cl)C(F)C4)(CC2)C(O)C3)CS1. The Morgan fingerprint density at radius 2 is 2.00 bits per heavy atom. The molecule has 8 nitrogen and oxygen atoms in total. The van der Waals surface area contributed by atoms with Crippen molar-refractivity contribution in [3.05, 3.63) is 0 Å². The smallest absolute Gasteiger partial charge is 0.246 e. The normalized spacial score (nSPS) is 42.8. The lowest BCUT2D eigenvalue weighted by Crippen LogP contribution is -2.71. The van der Waals surface area contributed by atoms with Gasteiger partial charge in [0, 0.05) is 24.8 Å². The molecule has 1 aliphatic heterocycles. The third-order valence-electron chi connectivity index (χ3n) is 7.68. The monoisotopic (exact) mass is 507 g/mol. The Bertz CT molecular complexity index is 726. The maximum Gasteiger partial charge on any atom is 0.246 e. The lowest BCUT2D eigenvalue weighted by atomic mass is 9.60. The molecule has 6 atom stereocenters. The van der Waals surface area contributed by atoms with Gasteiger partial charge in [-0.3, -0.25) is 14.9 Å². The standard InChI is InChI=1S/C22H35ClFN3O5S/c1-31-11-19-25-16(12-33-19)20(30)27-21-4-6-22(7-5-21,17(28)9-21)26-18(29)10-32-13-2-3-14(23)15(24)8-13/h13-17,19,25,28H,2-12H2,1H3,(H,26,29)(H,27,30). The van der Waals surface area contributed by atoms with Crippen molar-refractivity contribution in [3.63, 3.8) is 0 Å². The Balaban J connectivity index is 1.25. The fraction of sp³-hybridized carbons (Fsp3) is 0.909. The van der Waals surface area contributed by atoms with E-state index in [9.17, 15) is 19.1 Å². The van der Waals surface area contributed by atoms with Crippen molar-refractivity contribution in [2.24, 2.45) is 0 Å². The van der Waals surface area contributed by atoms with E-state index < -0.39 is 28.7 Å². The number of ether oxygens (including phenoxy) is 2. The van der Waals surface area contributed by atoms with Crippen molar-refractivity contribution in [2.75, 3.05) is 26.1 Å². The van der Waals surface area contributed by atoms with Crippen molar-refractivity contribution < 1.29 is 28.6 Å². The highest BCUT2D eigenvalue weighted by Crippen LogP contribution is 2.47. The molecule has 0 aromatic heterocycles. The number of hydrogen-bond donors (Lipinski definition) is 4. The van der Waals surface area contributed by atoms with Crippen molar-refractivity contribution in [3.8, 4) is 0 Å². The number of alkyl halides is 2. The van der Waals surface area contributed by atoms with Crippen LogP contribution in [0.5, 0.6) is 0 Å². The van der Waals surface area contributed by atoms with Crippen LogP contribution in [-0.2, 0) is 19.1 Å². The number of amides is 2. The summed E-state index contributed by atoms with van der Waals surface area (Å²) in [4.78, 5) is 25.4. The molecule has 6 unspecified atom stereocenters. The van der Waals surface area contributed by atoms with Crippen LogP contribution in [0.3, 0.4) is 0 Å². The molecule has 5 aliphatic rings. The Morgan fingerprint density at radius 3 is 2.67 bits per heavy atom. The highest BCUT2D eigenvalue weighted by molar-refractivity contribution is 8.00. The Kier molecular flexibility index (Phi) is 8.12. The first-order valence-corrected chi connectivity index (χ1v) is 13.3. The lowest BCUT2D eigenvalue weighted by molar-refractivity contribution is -0.140. The number of rotatable bonds is 8.